The second-order valence-corrected chi connectivity index (χ2v) is 3.86. The van der Waals surface area contributed by atoms with Crippen LogP contribution in [0.1, 0.15) is 24.3 Å². The molecule has 0 unspecified atom stereocenters. The van der Waals surface area contributed by atoms with Gasteiger partial charge in [-0.1, -0.05) is 0 Å². The third kappa shape index (κ3) is 2.30. The number of hydrogen-bond acceptors (Lipinski definition) is 2. The van der Waals surface area contributed by atoms with Crippen molar-refractivity contribution in [3.05, 3.63) is 35.1 Å². The molecule has 0 spiro atoms. The van der Waals surface area contributed by atoms with Crippen molar-refractivity contribution in [1.82, 2.24) is 5.32 Å². The molecule has 3 nitrogen and oxygen atoms in total. The summed E-state index contributed by atoms with van der Waals surface area (Å²) in [4.78, 5) is 22.2. The molecule has 0 bridgehead atoms. The van der Waals surface area contributed by atoms with Crippen LogP contribution in [0.25, 0.3) is 0 Å². The lowest BCUT2D eigenvalue weighted by atomic mass is 9.89. The summed E-state index contributed by atoms with van der Waals surface area (Å²) >= 11 is 0. The van der Waals surface area contributed by atoms with E-state index in [1.54, 1.807) is 0 Å². The molecule has 1 saturated heterocycles. The van der Waals surface area contributed by atoms with Crippen LogP contribution >= 0.6 is 0 Å². The number of benzene rings is 1. The molecule has 90 valence electrons. The number of rotatable bonds is 1. The van der Waals surface area contributed by atoms with Crippen LogP contribution in [0.3, 0.4) is 0 Å². The van der Waals surface area contributed by atoms with Crippen LogP contribution in [-0.2, 0) is 9.59 Å². The van der Waals surface area contributed by atoms with Gasteiger partial charge in [0.2, 0.25) is 11.8 Å². The molecule has 6 heteroatoms. The third-order valence-electron chi connectivity index (χ3n) is 2.62. The summed E-state index contributed by atoms with van der Waals surface area (Å²) in [6.45, 7) is 0. The van der Waals surface area contributed by atoms with Crippen molar-refractivity contribution in [3.63, 3.8) is 0 Å². The Morgan fingerprint density at radius 3 is 2.06 bits per heavy atom. The van der Waals surface area contributed by atoms with Crippen molar-refractivity contribution in [2.75, 3.05) is 0 Å². The van der Waals surface area contributed by atoms with Crippen molar-refractivity contribution < 1.29 is 22.8 Å². The second-order valence-electron chi connectivity index (χ2n) is 3.86. The number of nitrogens with one attached hydrogen (secondary N) is 1. The fourth-order valence-corrected chi connectivity index (χ4v) is 1.85. The highest BCUT2D eigenvalue weighted by atomic mass is 19.2. The Bertz CT molecular complexity index is 486. The lowest BCUT2D eigenvalue weighted by Crippen LogP contribution is -2.37. The molecular weight excluding hydrogens is 235 g/mol. The zero-order chi connectivity index (χ0) is 12.6. The summed E-state index contributed by atoms with van der Waals surface area (Å²) < 4.78 is 39.1. The van der Waals surface area contributed by atoms with Gasteiger partial charge in [-0.3, -0.25) is 14.9 Å². The highest BCUT2D eigenvalue weighted by molar-refractivity contribution is 5.98. The maximum atomic E-state index is 13.4. The standard InChI is InChI=1S/C11H8F3NO2/c12-7-4-9(14)8(13)3-6(7)5-1-10(16)15-11(17)2-5/h3-5H,1-2H2,(H,15,16,17). The normalized spacial score (nSPS) is 17.1. The lowest BCUT2D eigenvalue weighted by Gasteiger charge is -2.21. The molecule has 2 amide bonds. The van der Waals surface area contributed by atoms with E-state index in [4.69, 9.17) is 0 Å². The van der Waals surface area contributed by atoms with E-state index in [0.29, 0.717) is 12.1 Å². The lowest BCUT2D eigenvalue weighted by molar-refractivity contribution is -0.133. The van der Waals surface area contributed by atoms with Gasteiger partial charge < -0.3 is 0 Å². The fraction of sp³-hybridized carbons (Fsp3) is 0.273. The van der Waals surface area contributed by atoms with Crippen LogP contribution in [-0.4, -0.2) is 11.8 Å². The average Bonchev–Trinajstić information content (AvgIpc) is 2.22. The molecule has 0 aromatic heterocycles. The van der Waals surface area contributed by atoms with E-state index >= 15 is 0 Å². The second kappa shape index (κ2) is 4.20. The van der Waals surface area contributed by atoms with Crippen molar-refractivity contribution in [1.29, 1.82) is 0 Å². The van der Waals surface area contributed by atoms with Crippen LogP contribution in [0.4, 0.5) is 13.2 Å². The Morgan fingerprint density at radius 2 is 1.47 bits per heavy atom. The van der Waals surface area contributed by atoms with Crippen molar-refractivity contribution in [2.45, 2.75) is 18.8 Å². The maximum Gasteiger partial charge on any atom is 0.227 e. The van der Waals surface area contributed by atoms with Gasteiger partial charge in [-0.15, -0.1) is 0 Å². The van der Waals surface area contributed by atoms with E-state index in [1.807, 2.05) is 0 Å². The Balaban J connectivity index is 2.36. The quantitative estimate of drug-likeness (QED) is 0.601. The first-order valence-electron chi connectivity index (χ1n) is 4.94. The summed E-state index contributed by atoms with van der Waals surface area (Å²) in [5.74, 6) is -5.27. The highest BCUT2D eigenvalue weighted by Gasteiger charge is 2.28. The van der Waals surface area contributed by atoms with Crippen LogP contribution in [0.5, 0.6) is 0 Å². The summed E-state index contributed by atoms with van der Waals surface area (Å²) in [6.07, 6.45) is -0.235. The zero-order valence-electron chi connectivity index (χ0n) is 8.60. The van der Waals surface area contributed by atoms with Gasteiger partial charge in [-0.25, -0.2) is 13.2 Å². The molecule has 1 heterocycles. The van der Waals surface area contributed by atoms with Crippen molar-refractivity contribution in [2.24, 2.45) is 0 Å². The smallest absolute Gasteiger partial charge is 0.227 e. The van der Waals surface area contributed by atoms with Crippen LogP contribution in [0.15, 0.2) is 12.1 Å². The SMILES string of the molecule is O=C1CC(c2cc(F)c(F)cc2F)CC(=O)N1. The molecule has 17 heavy (non-hydrogen) atoms. The van der Waals surface area contributed by atoms with E-state index in [2.05, 4.69) is 5.32 Å². The molecule has 1 aliphatic rings. The molecule has 2 rings (SSSR count). The molecule has 0 radical (unpaired) electrons. The number of carbonyl (C=O) groups excluding carboxylic acids is 2. The Kier molecular flexibility index (Phi) is 2.87. The minimum Gasteiger partial charge on any atom is -0.296 e. The predicted molar refractivity (Wildman–Crippen MR) is 51.4 cm³/mol. The molecule has 0 aliphatic carbocycles. The number of carbonyl (C=O) groups is 2. The third-order valence-corrected chi connectivity index (χ3v) is 2.62. The molecule has 1 aromatic rings. The van der Waals surface area contributed by atoms with Gasteiger partial charge >= 0.3 is 0 Å². The first-order chi connectivity index (χ1) is 7.97. The maximum absolute atomic E-state index is 13.4. The minimum atomic E-state index is -1.29. The van der Waals surface area contributed by atoms with Gasteiger partial charge in [0.25, 0.3) is 0 Å². The van der Waals surface area contributed by atoms with Gasteiger partial charge in [0.15, 0.2) is 11.6 Å². The number of halogens is 3. The number of amides is 2. The first kappa shape index (κ1) is 11.6. The van der Waals surface area contributed by atoms with Gasteiger partial charge in [0, 0.05) is 24.8 Å². The first-order valence-corrected chi connectivity index (χ1v) is 4.94. The summed E-state index contributed by atoms with van der Waals surface area (Å²) in [5, 5.41) is 2.06. The summed E-state index contributed by atoms with van der Waals surface area (Å²) in [6, 6.07) is 1.11. The number of imide groups is 1. The van der Waals surface area contributed by atoms with Crippen LogP contribution in [0.2, 0.25) is 0 Å². The molecule has 1 fully saturated rings. The van der Waals surface area contributed by atoms with Crippen molar-refractivity contribution >= 4 is 11.8 Å². The Hall–Kier alpha value is -1.85. The Labute approximate surface area is 94.6 Å². The molecular formula is C11H8F3NO2. The highest BCUT2D eigenvalue weighted by Crippen LogP contribution is 2.29. The molecule has 0 atom stereocenters. The summed E-state index contributed by atoms with van der Waals surface area (Å²) in [5.41, 5.74) is -0.146. The topological polar surface area (TPSA) is 46.2 Å². The van der Waals surface area contributed by atoms with Gasteiger partial charge in [0.05, 0.1) is 0 Å². The molecule has 1 N–H and O–H groups in total. The average molecular weight is 243 g/mol. The van der Waals surface area contributed by atoms with E-state index in [9.17, 15) is 22.8 Å². The van der Waals surface area contributed by atoms with Crippen LogP contribution < -0.4 is 5.32 Å². The number of piperidine rings is 1. The fourth-order valence-electron chi connectivity index (χ4n) is 1.85. The van der Waals surface area contributed by atoms with E-state index in [-0.39, 0.29) is 18.4 Å². The van der Waals surface area contributed by atoms with Crippen LogP contribution in [0, 0.1) is 17.5 Å². The minimum absolute atomic E-state index is 0.117. The number of hydrogen-bond donors (Lipinski definition) is 1. The molecule has 0 saturated carbocycles. The predicted octanol–water partition coefficient (Wildman–Crippen LogP) is 1.62. The molecule has 1 aliphatic heterocycles. The van der Waals surface area contributed by atoms with Gasteiger partial charge in [-0.2, -0.15) is 0 Å². The zero-order valence-corrected chi connectivity index (χ0v) is 8.60. The van der Waals surface area contributed by atoms with E-state index in [0.717, 1.165) is 0 Å². The van der Waals surface area contributed by atoms with E-state index < -0.39 is 35.2 Å². The summed E-state index contributed by atoms with van der Waals surface area (Å²) in [7, 11) is 0. The van der Waals surface area contributed by atoms with E-state index in [1.165, 1.54) is 0 Å². The molecule has 1 aromatic carbocycles. The monoisotopic (exact) mass is 243 g/mol. The van der Waals surface area contributed by atoms with Crippen molar-refractivity contribution in [3.8, 4) is 0 Å². The Morgan fingerprint density at radius 1 is 0.941 bits per heavy atom. The van der Waals surface area contributed by atoms with Gasteiger partial charge in [0.1, 0.15) is 5.82 Å². The largest absolute Gasteiger partial charge is 0.296 e. The van der Waals surface area contributed by atoms with Gasteiger partial charge in [-0.05, 0) is 11.6 Å².